The molecule has 0 aliphatic heterocycles. The number of anilines is 1. The summed E-state index contributed by atoms with van der Waals surface area (Å²) in [4.78, 5) is 11.6. The van der Waals surface area contributed by atoms with E-state index in [2.05, 4.69) is 5.32 Å². The van der Waals surface area contributed by atoms with Crippen LogP contribution in [-0.2, 0) is 4.79 Å². The Labute approximate surface area is 107 Å². The standard InChI is InChI=1S/C11H9Cl2F2NO/c1-5-2-6(3-8(14)9(5)15)16-10(17)7-4-11(7,12)13/h2-3,7H,4H2,1H3,(H,16,17). The molecule has 1 amide bonds. The van der Waals surface area contributed by atoms with Crippen LogP contribution in [0.3, 0.4) is 0 Å². The predicted molar refractivity (Wildman–Crippen MR) is 62.3 cm³/mol. The van der Waals surface area contributed by atoms with Gasteiger partial charge >= 0.3 is 0 Å². The summed E-state index contributed by atoms with van der Waals surface area (Å²) in [7, 11) is 0. The van der Waals surface area contributed by atoms with Gasteiger partial charge in [0.25, 0.3) is 0 Å². The van der Waals surface area contributed by atoms with Gasteiger partial charge in [0.1, 0.15) is 4.33 Å². The van der Waals surface area contributed by atoms with Crippen molar-refractivity contribution in [1.29, 1.82) is 0 Å². The van der Waals surface area contributed by atoms with Crippen LogP contribution in [0.25, 0.3) is 0 Å². The highest BCUT2D eigenvalue weighted by atomic mass is 35.5. The summed E-state index contributed by atoms with van der Waals surface area (Å²) < 4.78 is 25.1. The van der Waals surface area contributed by atoms with E-state index in [1.54, 1.807) is 0 Å². The van der Waals surface area contributed by atoms with Crippen molar-refractivity contribution in [2.45, 2.75) is 17.7 Å². The van der Waals surface area contributed by atoms with Gasteiger partial charge in [-0.2, -0.15) is 0 Å². The Kier molecular flexibility index (Phi) is 3.04. The second-order valence-electron chi connectivity index (χ2n) is 4.10. The third-order valence-corrected chi connectivity index (χ3v) is 3.46. The molecule has 0 radical (unpaired) electrons. The molecule has 1 fully saturated rings. The number of rotatable bonds is 2. The summed E-state index contributed by atoms with van der Waals surface area (Å²) in [5, 5.41) is 2.45. The topological polar surface area (TPSA) is 29.1 Å². The van der Waals surface area contributed by atoms with E-state index >= 15 is 0 Å². The van der Waals surface area contributed by atoms with Gasteiger partial charge in [-0.1, -0.05) is 0 Å². The maximum atomic E-state index is 13.1. The molecule has 1 aliphatic rings. The number of amides is 1. The van der Waals surface area contributed by atoms with Crippen LogP contribution < -0.4 is 5.32 Å². The molecule has 0 heterocycles. The number of hydrogen-bond donors (Lipinski definition) is 1. The predicted octanol–water partition coefficient (Wildman–Crippen LogP) is 3.41. The molecule has 2 nitrogen and oxygen atoms in total. The van der Waals surface area contributed by atoms with E-state index in [1.807, 2.05) is 0 Å². The zero-order valence-electron chi connectivity index (χ0n) is 8.86. The molecule has 1 atom stereocenters. The Morgan fingerprint density at radius 3 is 2.53 bits per heavy atom. The lowest BCUT2D eigenvalue weighted by Gasteiger charge is -2.07. The van der Waals surface area contributed by atoms with Crippen molar-refractivity contribution >= 4 is 34.8 Å². The van der Waals surface area contributed by atoms with E-state index in [0.29, 0.717) is 6.42 Å². The van der Waals surface area contributed by atoms with Crippen LogP contribution in [0.4, 0.5) is 14.5 Å². The lowest BCUT2D eigenvalue weighted by atomic mass is 10.2. The number of nitrogens with one attached hydrogen (secondary N) is 1. The molecule has 2 rings (SSSR count). The Morgan fingerprint density at radius 1 is 1.47 bits per heavy atom. The van der Waals surface area contributed by atoms with E-state index in [-0.39, 0.29) is 17.2 Å². The summed E-state index contributed by atoms with van der Waals surface area (Å²) in [5.74, 6) is -2.81. The van der Waals surface area contributed by atoms with Crippen molar-refractivity contribution < 1.29 is 13.6 Å². The molecule has 0 aromatic heterocycles. The summed E-state index contributed by atoms with van der Waals surface area (Å²) in [6, 6.07) is 2.27. The zero-order valence-corrected chi connectivity index (χ0v) is 10.4. The van der Waals surface area contributed by atoms with Gasteiger partial charge in [-0.25, -0.2) is 8.78 Å². The van der Waals surface area contributed by atoms with E-state index in [4.69, 9.17) is 23.2 Å². The molecule has 0 spiro atoms. The monoisotopic (exact) mass is 279 g/mol. The van der Waals surface area contributed by atoms with Crippen molar-refractivity contribution in [3.63, 3.8) is 0 Å². The molecule has 1 unspecified atom stereocenters. The van der Waals surface area contributed by atoms with Gasteiger partial charge in [-0.15, -0.1) is 23.2 Å². The van der Waals surface area contributed by atoms with E-state index < -0.39 is 21.9 Å². The van der Waals surface area contributed by atoms with Gasteiger partial charge in [-0.05, 0) is 25.0 Å². The van der Waals surface area contributed by atoms with Gasteiger partial charge in [0, 0.05) is 11.8 Å². The molecule has 1 aromatic rings. The fourth-order valence-electron chi connectivity index (χ4n) is 1.53. The molecular formula is C11H9Cl2F2NO. The minimum absolute atomic E-state index is 0.124. The Hall–Kier alpha value is -0.870. The number of aryl methyl sites for hydroxylation is 1. The summed E-state index contributed by atoms with van der Waals surface area (Å²) in [6.07, 6.45) is 0.366. The number of halogens is 4. The van der Waals surface area contributed by atoms with Crippen LogP contribution in [0, 0.1) is 24.5 Å². The van der Waals surface area contributed by atoms with E-state index in [9.17, 15) is 13.6 Å². The average molecular weight is 280 g/mol. The molecule has 1 aromatic carbocycles. The van der Waals surface area contributed by atoms with Crippen molar-refractivity contribution in [3.05, 3.63) is 29.3 Å². The minimum Gasteiger partial charge on any atom is -0.326 e. The lowest BCUT2D eigenvalue weighted by molar-refractivity contribution is -0.117. The molecule has 0 bridgehead atoms. The molecule has 6 heteroatoms. The lowest BCUT2D eigenvalue weighted by Crippen LogP contribution is -2.17. The number of carbonyl (C=O) groups excluding carboxylic acids is 1. The quantitative estimate of drug-likeness (QED) is 0.826. The van der Waals surface area contributed by atoms with Crippen molar-refractivity contribution in [2.24, 2.45) is 5.92 Å². The second kappa shape index (κ2) is 4.10. The van der Waals surface area contributed by atoms with Gasteiger partial charge < -0.3 is 5.32 Å². The molecular weight excluding hydrogens is 271 g/mol. The second-order valence-corrected chi connectivity index (χ2v) is 5.64. The summed E-state index contributed by atoms with van der Waals surface area (Å²) in [6.45, 7) is 1.42. The Bertz CT molecular complexity index is 467. The largest absolute Gasteiger partial charge is 0.326 e. The molecule has 17 heavy (non-hydrogen) atoms. The summed E-state index contributed by atoms with van der Waals surface area (Å²) >= 11 is 11.5. The molecule has 92 valence electrons. The molecule has 1 saturated carbocycles. The van der Waals surface area contributed by atoms with Gasteiger partial charge in [0.2, 0.25) is 5.91 Å². The highest BCUT2D eigenvalue weighted by Gasteiger charge is 2.56. The molecule has 1 aliphatic carbocycles. The SMILES string of the molecule is Cc1cc(NC(=O)C2CC2(Cl)Cl)cc(F)c1F. The Morgan fingerprint density at radius 2 is 2.06 bits per heavy atom. The van der Waals surface area contributed by atoms with Crippen molar-refractivity contribution in [3.8, 4) is 0 Å². The maximum Gasteiger partial charge on any atom is 0.230 e. The smallest absolute Gasteiger partial charge is 0.230 e. The maximum absolute atomic E-state index is 13.1. The van der Waals surface area contributed by atoms with Crippen LogP contribution in [0.1, 0.15) is 12.0 Å². The van der Waals surface area contributed by atoms with E-state index in [0.717, 1.165) is 6.07 Å². The third kappa shape index (κ3) is 2.53. The van der Waals surface area contributed by atoms with Gasteiger partial charge in [0.15, 0.2) is 11.6 Å². The number of alkyl halides is 2. The average Bonchev–Trinajstić information content (AvgIpc) is 2.84. The van der Waals surface area contributed by atoms with Gasteiger partial charge in [0.05, 0.1) is 5.92 Å². The highest BCUT2D eigenvalue weighted by molar-refractivity contribution is 6.52. The van der Waals surface area contributed by atoms with Crippen molar-refractivity contribution in [1.82, 2.24) is 0 Å². The van der Waals surface area contributed by atoms with Gasteiger partial charge in [-0.3, -0.25) is 4.79 Å². The number of carbonyl (C=O) groups is 1. The van der Waals surface area contributed by atoms with E-state index in [1.165, 1.54) is 13.0 Å². The number of hydrogen-bond acceptors (Lipinski definition) is 1. The van der Waals surface area contributed by atoms with Crippen LogP contribution in [0.2, 0.25) is 0 Å². The fourth-order valence-corrected chi connectivity index (χ4v) is 2.03. The number of benzene rings is 1. The first-order valence-corrected chi connectivity index (χ1v) is 5.71. The zero-order chi connectivity index (χ0) is 12.8. The molecule has 0 saturated heterocycles. The first kappa shape index (κ1) is 12.6. The molecule has 1 N–H and O–H groups in total. The third-order valence-electron chi connectivity index (χ3n) is 2.62. The fraction of sp³-hybridized carbons (Fsp3) is 0.364. The first-order chi connectivity index (χ1) is 7.81. The summed E-state index contributed by atoms with van der Waals surface area (Å²) in [5.41, 5.74) is 0.321. The Balaban J connectivity index is 2.12. The minimum atomic E-state index is -1.03. The van der Waals surface area contributed by atoms with Crippen LogP contribution in [-0.4, -0.2) is 10.2 Å². The highest BCUT2D eigenvalue weighted by Crippen LogP contribution is 2.53. The van der Waals surface area contributed by atoms with Crippen molar-refractivity contribution in [2.75, 3.05) is 5.32 Å². The van der Waals surface area contributed by atoms with Crippen LogP contribution in [0.5, 0.6) is 0 Å². The van der Waals surface area contributed by atoms with Crippen LogP contribution >= 0.6 is 23.2 Å². The van der Waals surface area contributed by atoms with Crippen LogP contribution in [0.15, 0.2) is 12.1 Å². The normalized spacial score (nSPS) is 21.1. The first-order valence-electron chi connectivity index (χ1n) is 4.95.